The number of benzene rings is 2. The SMILES string of the molecule is NC(=O)CCNC(=O)c1ccccc1NC(=O)c1oc2ccccc2c1CSc1ncccn1. The van der Waals surface area contributed by atoms with Crippen molar-refractivity contribution in [1.29, 1.82) is 0 Å². The van der Waals surface area contributed by atoms with Crippen molar-refractivity contribution >= 4 is 46.1 Å². The lowest BCUT2D eigenvalue weighted by atomic mass is 10.1. The molecule has 0 atom stereocenters. The fourth-order valence-electron chi connectivity index (χ4n) is 3.29. The van der Waals surface area contributed by atoms with Crippen LogP contribution in [-0.4, -0.2) is 34.2 Å². The number of primary amides is 1. The van der Waals surface area contributed by atoms with E-state index in [1.165, 1.54) is 11.8 Å². The largest absolute Gasteiger partial charge is 0.451 e. The van der Waals surface area contributed by atoms with Crippen molar-refractivity contribution < 1.29 is 18.8 Å². The summed E-state index contributed by atoms with van der Waals surface area (Å²) in [6, 6.07) is 15.7. The zero-order valence-corrected chi connectivity index (χ0v) is 18.8. The predicted octanol–water partition coefficient (Wildman–Crippen LogP) is 3.37. The van der Waals surface area contributed by atoms with E-state index in [1.807, 2.05) is 18.2 Å². The average molecular weight is 476 g/mol. The first-order valence-corrected chi connectivity index (χ1v) is 11.4. The van der Waals surface area contributed by atoms with Gasteiger partial charge in [-0.1, -0.05) is 42.1 Å². The molecule has 4 N–H and O–H groups in total. The van der Waals surface area contributed by atoms with E-state index in [0.717, 1.165) is 5.39 Å². The number of aromatic nitrogens is 2. The minimum absolute atomic E-state index is 0.0193. The van der Waals surface area contributed by atoms with E-state index in [0.29, 0.717) is 27.7 Å². The quantitative estimate of drug-likeness (QED) is 0.249. The van der Waals surface area contributed by atoms with Crippen LogP contribution >= 0.6 is 11.8 Å². The highest BCUT2D eigenvalue weighted by atomic mass is 32.2. The van der Waals surface area contributed by atoms with Gasteiger partial charge in [0.05, 0.1) is 11.3 Å². The Morgan fingerprint density at radius 1 is 0.941 bits per heavy atom. The highest BCUT2D eigenvalue weighted by Gasteiger charge is 2.22. The van der Waals surface area contributed by atoms with Gasteiger partial charge < -0.3 is 20.8 Å². The molecule has 2 aromatic carbocycles. The summed E-state index contributed by atoms with van der Waals surface area (Å²) >= 11 is 1.39. The van der Waals surface area contributed by atoms with E-state index in [1.54, 1.807) is 48.8 Å². The molecule has 9 nitrogen and oxygen atoms in total. The van der Waals surface area contributed by atoms with E-state index in [-0.39, 0.29) is 24.3 Å². The lowest BCUT2D eigenvalue weighted by Crippen LogP contribution is -2.28. The standard InChI is InChI=1S/C24H21N5O4S/c25-20(30)10-13-26-22(31)16-7-1-3-8-18(16)29-23(32)21-17(14-34-24-27-11-5-12-28-24)15-6-2-4-9-19(15)33-21/h1-9,11-12H,10,13-14H2,(H2,25,30)(H,26,31)(H,29,32). The fraction of sp³-hybridized carbons (Fsp3) is 0.125. The molecule has 0 bridgehead atoms. The smallest absolute Gasteiger partial charge is 0.291 e. The fourth-order valence-corrected chi connectivity index (χ4v) is 4.12. The minimum Gasteiger partial charge on any atom is -0.451 e. The van der Waals surface area contributed by atoms with Crippen molar-refractivity contribution in [3.8, 4) is 0 Å². The van der Waals surface area contributed by atoms with Gasteiger partial charge in [0.2, 0.25) is 5.91 Å². The number of thioether (sulfide) groups is 1. The molecule has 172 valence electrons. The first kappa shape index (κ1) is 23.0. The molecule has 0 aliphatic heterocycles. The lowest BCUT2D eigenvalue weighted by molar-refractivity contribution is -0.117. The summed E-state index contributed by atoms with van der Waals surface area (Å²) in [7, 11) is 0. The number of amides is 3. The Hall–Kier alpha value is -4.18. The van der Waals surface area contributed by atoms with Gasteiger partial charge in [-0.05, 0) is 24.3 Å². The van der Waals surface area contributed by atoms with Crippen LogP contribution in [0.15, 0.2) is 76.6 Å². The van der Waals surface area contributed by atoms with Gasteiger partial charge in [0.1, 0.15) is 5.58 Å². The van der Waals surface area contributed by atoms with Crippen LogP contribution in [0.25, 0.3) is 11.0 Å². The van der Waals surface area contributed by atoms with Gasteiger partial charge >= 0.3 is 0 Å². The summed E-state index contributed by atoms with van der Waals surface area (Å²) in [5.41, 5.74) is 6.97. The molecule has 0 spiro atoms. The Morgan fingerprint density at radius 2 is 1.68 bits per heavy atom. The van der Waals surface area contributed by atoms with Crippen LogP contribution in [0.4, 0.5) is 5.69 Å². The second-order valence-corrected chi connectivity index (χ2v) is 8.14. The third-order valence-corrected chi connectivity index (χ3v) is 5.77. The van der Waals surface area contributed by atoms with E-state index in [9.17, 15) is 14.4 Å². The number of nitrogens with zero attached hydrogens (tertiary/aromatic N) is 2. The van der Waals surface area contributed by atoms with Crippen molar-refractivity contribution in [1.82, 2.24) is 15.3 Å². The van der Waals surface area contributed by atoms with Gasteiger partial charge in [-0.25, -0.2) is 9.97 Å². The average Bonchev–Trinajstić information content (AvgIpc) is 3.22. The number of carbonyl (C=O) groups excluding carboxylic acids is 3. The van der Waals surface area contributed by atoms with Gasteiger partial charge in [0, 0.05) is 42.1 Å². The second-order valence-electron chi connectivity index (χ2n) is 7.20. The number of nitrogens with one attached hydrogen (secondary N) is 2. The van der Waals surface area contributed by atoms with E-state index < -0.39 is 17.7 Å². The van der Waals surface area contributed by atoms with E-state index in [4.69, 9.17) is 10.2 Å². The highest BCUT2D eigenvalue weighted by Crippen LogP contribution is 2.31. The third kappa shape index (κ3) is 5.41. The zero-order chi connectivity index (χ0) is 23.9. The number of anilines is 1. The van der Waals surface area contributed by atoms with Gasteiger partial charge in [-0.3, -0.25) is 14.4 Å². The number of furan rings is 1. The maximum Gasteiger partial charge on any atom is 0.291 e. The van der Waals surface area contributed by atoms with Crippen LogP contribution < -0.4 is 16.4 Å². The molecule has 34 heavy (non-hydrogen) atoms. The van der Waals surface area contributed by atoms with Gasteiger partial charge in [0.15, 0.2) is 10.9 Å². The van der Waals surface area contributed by atoms with Crippen LogP contribution in [0, 0.1) is 0 Å². The molecule has 2 heterocycles. The molecule has 0 unspecified atom stereocenters. The summed E-state index contributed by atoms with van der Waals surface area (Å²) in [4.78, 5) is 45.2. The molecular formula is C24H21N5O4S. The Balaban J connectivity index is 1.58. The predicted molar refractivity (Wildman–Crippen MR) is 128 cm³/mol. The Kier molecular flexibility index (Phi) is 7.19. The van der Waals surface area contributed by atoms with E-state index in [2.05, 4.69) is 20.6 Å². The molecule has 4 aromatic rings. The van der Waals surface area contributed by atoms with Crippen molar-refractivity contribution in [2.45, 2.75) is 17.3 Å². The number of fused-ring (bicyclic) bond motifs is 1. The number of para-hydroxylation sites is 2. The molecule has 0 saturated carbocycles. The minimum atomic E-state index is -0.516. The summed E-state index contributed by atoms with van der Waals surface area (Å²) < 4.78 is 5.90. The second kappa shape index (κ2) is 10.6. The number of hydrogen-bond acceptors (Lipinski definition) is 7. The first-order chi connectivity index (χ1) is 16.5. The summed E-state index contributed by atoms with van der Waals surface area (Å²) in [5.74, 6) is -0.873. The van der Waals surface area contributed by atoms with Crippen molar-refractivity contribution in [3.63, 3.8) is 0 Å². The summed E-state index contributed by atoms with van der Waals surface area (Å²) in [5, 5.41) is 6.80. The van der Waals surface area contributed by atoms with Gasteiger partial charge in [-0.2, -0.15) is 0 Å². The Bertz CT molecular complexity index is 1340. The van der Waals surface area contributed by atoms with Crippen molar-refractivity contribution in [3.05, 3.63) is 83.9 Å². The Morgan fingerprint density at radius 3 is 2.47 bits per heavy atom. The van der Waals surface area contributed by atoms with Gasteiger partial charge in [0.25, 0.3) is 11.8 Å². The van der Waals surface area contributed by atoms with Crippen LogP contribution in [-0.2, 0) is 10.5 Å². The molecule has 0 radical (unpaired) electrons. The van der Waals surface area contributed by atoms with Crippen LogP contribution in [0.5, 0.6) is 0 Å². The summed E-state index contributed by atoms with van der Waals surface area (Å²) in [6.07, 6.45) is 3.33. The monoisotopic (exact) mass is 475 g/mol. The highest BCUT2D eigenvalue weighted by molar-refractivity contribution is 7.98. The Labute approximate surface area is 199 Å². The first-order valence-electron chi connectivity index (χ1n) is 10.4. The van der Waals surface area contributed by atoms with Crippen LogP contribution in [0.2, 0.25) is 0 Å². The summed E-state index contributed by atoms with van der Waals surface area (Å²) in [6.45, 7) is 0.100. The number of carbonyl (C=O) groups is 3. The molecule has 2 aromatic heterocycles. The molecule has 0 saturated heterocycles. The van der Waals surface area contributed by atoms with Gasteiger partial charge in [-0.15, -0.1) is 0 Å². The molecule has 4 rings (SSSR count). The molecule has 0 fully saturated rings. The molecular weight excluding hydrogens is 454 g/mol. The molecule has 0 aliphatic rings. The molecule has 3 amide bonds. The van der Waals surface area contributed by atoms with Crippen LogP contribution in [0.1, 0.15) is 32.9 Å². The lowest BCUT2D eigenvalue weighted by Gasteiger charge is -2.11. The number of nitrogens with two attached hydrogens (primary N) is 1. The maximum atomic E-state index is 13.3. The normalized spacial score (nSPS) is 10.7. The number of rotatable bonds is 9. The topological polar surface area (TPSA) is 140 Å². The van der Waals surface area contributed by atoms with E-state index >= 15 is 0 Å². The number of hydrogen-bond donors (Lipinski definition) is 3. The zero-order valence-electron chi connectivity index (χ0n) is 18.0. The maximum absolute atomic E-state index is 13.3. The van der Waals surface area contributed by atoms with Crippen LogP contribution in [0.3, 0.4) is 0 Å². The molecule has 10 heteroatoms. The van der Waals surface area contributed by atoms with Crippen molar-refractivity contribution in [2.24, 2.45) is 5.73 Å². The van der Waals surface area contributed by atoms with Crippen molar-refractivity contribution in [2.75, 3.05) is 11.9 Å². The molecule has 0 aliphatic carbocycles. The third-order valence-electron chi connectivity index (χ3n) is 4.87.